The zero-order valence-corrected chi connectivity index (χ0v) is 5.84. The van der Waals surface area contributed by atoms with Gasteiger partial charge in [-0.25, -0.2) is 0 Å². The van der Waals surface area contributed by atoms with Gasteiger partial charge in [-0.2, -0.15) is 0 Å². The molecule has 0 aromatic rings. The number of aliphatic hydroxyl groups is 1. The summed E-state index contributed by atoms with van der Waals surface area (Å²) in [6.07, 6.45) is 7.76. The Balaban J connectivity index is 2.18. The van der Waals surface area contributed by atoms with E-state index in [0.717, 1.165) is 0 Å². The van der Waals surface area contributed by atoms with E-state index >= 15 is 0 Å². The first-order chi connectivity index (χ1) is 4.43. The predicted molar refractivity (Wildman–Crippen MR) is 37.4 cm³/mol. The van der Waals surface area contributed by atoms with Crippen LogP contribution in [-0.4, -0.2) is 5.11 Å². The lowest BCUT2D eigenvalue weighted by molar-refractivity contribution is 0.296. The van der Waals surface area contributed by atoms with E-state index in [4.69, 9.17) is 5.11 Å². The second-order valence-corrected chi connectivity index (χ2v) is 2.90. The van der Waals surface area contributed by atoms with Crippen LogP contribution in [0.2, 0.25) is 0 Å². The standard InChI is InChI=1S/C8H15O/c9-7-8-5-3-1-2-4-6-8/h7-9H,1-6H2. The van der Waals surface area contributed by atoms with E-state index in [2.05, 4.69) is 0 Å². The van der Waals surface area contributed by atoms with Gasteiger partial charge in [0.2, 0.25) is 0 Å². The molecule has 1 aliphatic carbocycles. The van der Waals surface area contributed by atoms with Crippen LogP contribution in [0.25, 0.3) is 0 Å². The molecule has 0 spiro atoms. The number of hydrogen-bond acceptors (Lipinski definition) is 1. The minimum atomic E-state index is 0.507. The molecule has 53 valence electrons. The topological polar surface area (TPSA) is 20.2 Å². The zero-order valence-electron chi connectivity index (χ0n) is 5.84. The molecule has 1 aliphatic rings. The average molecular weight is 127 g/mol. The molecule has 1 radical (unpaired) electrons. The Kier molecular flexibility index (Phi) is 3.05. The Morgan fingerprint density at radius 3 is 2.00 bits per heavy atom. The molecule has 0 amide bonds. The van der Waals surface area contributed by atoms with Gasteiger partial charge in [0.15, 0.2) is 0 Å². The predicted octanol–water partition coefficient (Wildman–Crippen LogP) is 2.49. The first-order valence-electron chi connectivity index (χ1n) is 3.91. The monoisotopic (exact) mass is 127 g/mol. The third-order valence-electron chi connectivity index (χ3n) is 2.11. The summed E-state index contributed by atoms with van der Waals surface area (Å²) < 4.78 is 0. The van der Waals surface area contributed by atoms with Crippen molar-refractivity contribution < 1.29 is 5.11 Å². The fourth-order valence-corrected chi connectivity index (χ4v) is 1.46. The Labute approximate surface area is 57.1 Å². The van der Waals surface area contributed by atoms with Crippen LogP contribution in [0.4, 0.5) is 0 Å². The van der Waals surface area contributed by atoms with Crippen molar-refractivity contribution in [1.82, 2.24) is 0 Å². The van der Waals surface area contributed by atoms with Gasteiger partial charge in [-0.05, 0) is 18.8 Å². The van der Waals surface area contributed by atoms with E-state index < -0.39 is 0 Å². The van der Waals surface area contributed by atoms with Crippen molar-refractivity contribution in [1.29, 1.82) is 0 Å². The smallest absolute Gasteiger partial charge is 0.0829 e. The van der Waals surface area contributed by atoms with Crippen LogP contribution in [0.15, 0.2) is 0 Å². The van der Waals surface area contributed by atoms with Crippen LogP contribution in [0.1, 0.15) is 38.5 Å². The molecule has 1 saturated carbocycles. The lowest BCUT2D eigenvalue weighted by Crippen LogP contribution is -1.97. The molecule has 1 nitrogen and oxygen atoms in total. The largest absolute Gasteiger partial charge is 0.390 e. The van der Waals surface area contributed by atoms with Crippen molar-refractivity contribution in [2.45, 2.75) is 38.5 Å². The minimum Gasteiger partial charge on any atom is -0.390 e. The lowest BCUT2D eigenvalue weighted by Gasteiger charge is -2.06. The normalized spacial score (nSPS) is 23.7. The molecule has 0 bridgehead atoms. The summed E-state index contributed by atoms with van der Waals surface area (Å²) in [5.74, 6) is 0.507. The summed E-state index contributed by atoms with van der Waals surface area (Å²) in [6.45, 7) is 1.38. The van der Waals surface area contributed by atoms with Gasteiger partial charge < -0.3 is 5.11 Å². The molecule has 9 heavy (non-hydrogen) atoms. The van der Waals surface area contributed by atoms with Gasteiger partial charge >= 0.3 is 0 Å². The van der Waals surface area contributed by atoms with E-state index in [-0.39, 0.29) is 0 Å². The highest BCUT2D eigenvalue weighted by molar-refractivity contribution is 4.69. The number of hydrogen-bond donors (Lipinski definition) is 1. The zero-order chi connectivity index (χ0) is 6.53. The van der Waals surface area contributed by atoms with E-state index in [9.17, 15) is 0 Å². The minimum absolute atomic E-state index is 0.507. The van der Waals surface area contributed by atoms with Crippen LogP contribution in [0, 0.1) is 12.5 Å². The molecule has 1 fully saturated rings. The summed E-state index contributed by atoms with van der Waals surface area (Å²) in [7, 11) is 0. The fraction of sp³-hybridized carbons (Fsp3) is 0.875. The van der Waals surface area contributed by atoms with Crippen LogP contribution in [0.3, 0.4) is 0 Å². The first-order valence-corrected chi connectivity index (χ1v) is 3.91. The highest BCUT2D eigenvalue weighted by Crippen LogP contribution is 2.23. The number of rotatable bonds is 1. The summed E-state index contributed by atoms with van der Waals surface area (Å²) in [5, 5.41) is 8.69. The van der Waals surface area contributed by atoms with Crippen LogP contribution >= 0.6 is 0 Å². The molecule has 1 N–H and O–H groups in total. The van der Waals surface area contributed by atoms with Gasteiger partial charge in [-0.1, -0.05) is 25.7 Å². The molecule has 0 aliphatic heterocycles. The SMILES string of the molecule is O[CH]C1CCCCCC1. The molecular formula is C8H15O. The highest BCUT2D eigenvalue weighted by atomic mass is 16.3. The molecule has 0 aromatic heterocycles. The third-order valence-corrected chi connectivity index (χ3v) is 2.11. The molecule has 0 atom stereocenters. The first kappa shape index (κ1) is 7.07. The van der Waals surface area contributed by atoms with Crippen molar-refractivity contribution in [3.05, 3.63) is 6.61 Å². The van der Waals surface area contributed by atoms with Crippen molar-refractivity contribution >= 4 is 0 Å². The second kappa shape index (κ2) is 3.89. The van der Waals surface area contributed by atoms with Crippen LogP contribution < -0.4 is 0 Å². The molecule has 0 heterocycles. The van der Waals surface area contributed by atoms with E-state index in [1.807, 2.05) is 0 Å². The van der Waals surface area contributed by atoms with Gasteiger partial charge in [0.1, 0.15) is 0 Å². The van der Waals surface area contributed by atoms with E-state index in [1.165, 1.54) is 45.1 Å². The molecular weight excluding hydrogens is 112 g/mol. The molecule has 0 aromatic carbocycles. The Morgan fingerprint density at radius 1 is 1.00 bits per heavy atom. The summed E-state index contributed by atoms with van der Waals surface area (Å²) in [6, 6.07) is 0. The lowest BCUT2D eigenvalue weighted by atomic mass is 10.0. The van der Waals surface area contributed by atoms with Gasteiger partial charge in [0, 0.05) is 0 Å². The van der Waals surface area contributed by atoms with Crippen molar-refractivity contribution in [2.75, 3.05) is 0 Å². The highest BCUT2D eigenvalue weighted by Gasteiger charge is 2.10. The summed E-state index contributed by atoms with van der Waals surface area (Å²) in [5.41, 5.74) is 0. The Morgan fingerprint density at radius 2 is 1.56 bits per heavy atom. The maximum absolute atomic E-state index is 8.69. The van der Waals surface area contributed by atoms with Crippen molar-refractivity contribution in [3.8, 4) is 0 Å². The molecule has 1 rings (SSSR count). The molecule has 1 heteroatoms. The third kappa shape index (κ3) is 2.35. The molecule has 0 saturated heterocycles. The van der Waals surface area contributed by atoms with E-state index in [0.29, 0.717) is 5.92 Å². The number of aliphatic hydroxyl groups excluding tert-OH is 1. The fourth-order valence-electron chi connectivity index (χ4n) is 1.46. The second-order valence-electron chi connectivity index (χ2n) is 2.90. The van der Waals surface area contributed by atoms with Gasteiger partial charge in [0.05, 0.1) is 6.61 Å². The van der Waals surface area contributed by atoms with Crippen molar-refractivity contribution in [2.24, 2.45) is 5.92 Å². The molecule has 0 unspecified atom stereocenters. The van der Waals surface area contributed by atoms with Crippen LogP contribution in [0.5, 0.6) is 0 Å². The van der Waals surface area contributed by atoms with Gasteiger partial charge in [-0.15, -0.1) is 0 Å². The maximum atomic E-state index is 8.69. The van der Waals surface area contributed by atoms with Gasteiger partial charge in [0.25, 0.3) is 0 Å². The summed E-state index contributed by atoms with van der Waals surface area (Å²) in [4.78, 5) is 0. The Hall–Kier alpha value is -0.0400. The van der Waals surface area contributed by atoms with Gasteiger partial charge in [-0.3, -0.25) is 0 Å². The van der Waals surface area contributed by atoms with E-state index in [1.54, 1.807) is 0 Å². The van der Waals surface area contributed by atoms with Crippen LogP contribution in [-0.2, 0) is 0 Å². The average Bonchev–Trinajstić information content (AvgIpc) is 2.13. The summed E-state index contributed by atoms with van der Waals surface area (Å²) >= 11 is 0. The maximum Gasteiger partial charge on any atom is 0.0829 e. The van der Waals surface area contributed by atoms with Crippen molar-refractivity contribution in [3.63, 3.8) is 0 Å². The Bertz CT molecular complexity index is 63.0. The quantitative estimate of drug-likeness (QED) is 0.536.